The molecule has 0 bridgehead atoms. The van der Waals surface area contributed by atoms with Crippen LogP contribution >= 0.6 is 15.9 Å². The molecule has 2 rings (SSSR count). The maximum absolute atomic E-state index is 11.4. The first-order chi connectivity index (χ1) is 8.49. The maximum Gasteiger partial charge on any atom is 0.419 e. The molecule has 0 amide bonds. The van der Waals surface area contributed by atoms with Gasteiger partial charge < -0.3 is 4.42 Å². The fourth-order valence-electron chi connectivity index (χ4n) is 1.99. The van der Waals surface area contributed by atoms with Crippen molar-refractivity contribution >= 4 is 27.0 Å². The Morgan fingerprint density at radius 3 is 2.72 bits per heavy atom. The van der Waals surface area contributed by atoms with E-state index in [9.17, 15) is 4.79 Å². The topological polar surface area (TPSA) is 35.1 Å². The number of oxazole rings is 1. The average molecular weight is 312 g/mol. The van der Waals surface area contributed by atoms with Gasteiger partial charge in [-0.05, 0) is 36.5 Å². The van der Waals surface area contributed by atoms with E-state index in [-0.39, 0.29) is 5.76 Å². The van der Waals surface area contributed by atoms with Crippen LogP contribution in [0.15, 0.2) is 27.4 Å². The lowest BCUT2D eigenvalue weighted by atomic mass is 10.0. The van der Waals surface area contributed by atoms with Gasteiger partial charge in [0, 0.05) is 11.9 Å². The van der Waals surface area contributed by atoms with Crippen LogP contribution in [0.5, 0.6) is 0 Å². The Kier molecular flexibility index (Phi) is 3.95. The van der Waals surface area contributed by atoms with Gasteiger partial charge in [0.15, 0.2) is 5.58 Å². The molecule has 1 heterocycles. The van der Waals surface area contributed by atoms with Crippen molar-refractivity contribution in [2.24, 2.45) is 13.0 Å². The monoisotopic (exact) mass is 311 g/mol. The van der Waals surface area contributed by atoms with E-state index in [2.05, 4.69) is 35.8 Å². The largest absolute Gasteiger partial charge is 0.419 e. The SMILES string of the molecule is CC(C)CCC(Br)c1ccc2c(c1)oc(=O)n2C. The van der Waals surface area contributed by atoms with Crippen LogP contribution < -0.4 is 5.76 Å². The van der Waals surface area contributed by atoms with Crippen LogP contribution in [-0.2, 0) is 7.05 Å². The Hall–Kier alpha value is -1.03. The van der Waals surface area contributed by atoms with Gasteiger partial charge >= 0.3 is 5.76 Å². The molecule has 1 aromatic heterocycles. The molecule has 0 fully saturated rings. The van der Waals surface area contributed by atoms with E-state index in [0.717, 1.165) is 17.5 Å². The van der Waals surface area contributed by atoms with Crippen molar-refractivity contribution in [1.29, 1.82) is 0 Å². The third-order valence-corrected chi connectivity index (χ3v) is 4.16. The maximum atomic E-state index is 11.4. The number of halogens is 1. The first kappa shape index (κ1) is 13.4. The summed E-state index contributed by atoms with van der Waals surface area (Å²) in [6.45, 7) is 4.44. The highest BCUT2D eigenvalue weighted by Crippen LogP contribution is 2.31. The third kappa shape index (κ3) is 2.69. The van der Waals surface area contributed by atoms with Crippen LogP contribution in [0, 0.1) is 5.92 Å². The molecule has 3 nitrogen and oxygen atoms in total. The van der Waals surface area contributed by atoms with E-state index >= 15 is 0 Å². The van der Waals surface area contributed by atoms with E-state index < -0.39 is 0 Å². The van der Waals surface area contributed by atoms with E-state index in [0.29, 0.717) is 16.3 Å². The van der Waals surface area contributed by atoms with E-state index in [4.69, 9.17) is 4.42 Å². The molecule has 2 aromatic rings. The lowest BCUT2D eigenvalue weighted by molar-refractivity contribution is 0.527. The summed E-state index contributed by atoms with van der Waals surface area (Å²) < 4.78 is 6.73. The van der Waals surface area contributed by atoms with Crippen LogP contribution in [0.3, 0.4) is 0 Å². The van der Waals surface area contributed by atoms with Crippen molar-refractivity contribution in [3.8, 4) is 0 Å². The molecule has 98 valence electrons. The van der Waals surface area contributed by atoms with Gasteiger partial charge in [0.05, 0.1) is 5.52 Å². The predicted molar refractivity (Wildman–Crippen MR) is 77.2 cm³/mol. The minimum atomic E-state index is -0.310. The van der Waals surface area contributed by atoms with Crippen molar-refractivity contribution in [3.05, 3.63) is 34.3 Å². The number of nitrogens with zero attached hydrogens (tertiary/aromatic N) is 1. The lowest BCUT2D eigenvalue weighted by Gasteiger charge is -2.11. The number of fused-ring (bicyclic) bond motifs is 1. The molecule has 1 unspecified atom stereocenters. The minimum absolute atomic E-state index is 0.310. The average Bonchev–Trinajstić information content (AvgIpc) is 2.61. The van der Waals surface area contributed by atoms with E-state index in [1.165, 1.54) is 11.0 Å². The Morgan fingerprint density at radius 1 is 1.33 bits per heavy atom. The molecule has 0 radical (unpaired) electrons. The van der Waals surface area contributed by atoms with Crippen LogP contribution in [0.1, 0.15) is 37.1 Å². The molecule has 0 N–H and O–H groups in total. The first-order valence-corrected chi connectivity index (χ1v) is 7.14. The molecule has 0 saturated heterocycles. The highest BCUT2D eigenvalue weighted by atomic mass is 79.9. The van der Waals surface area contributed by atoms with Crippen LogP contribution in [0.4, 0.5) is 0 Å². The smallest absolute Gasteiger partial charge is 0.408 e. The highest BCUT2D eigenvalue weighted by molar-refractivity contribution is 9.09. The molecular weight excluding hydrogens is 294 g/mol. The number of benzene rings is 1. The molecule has 0 aliphatic rings. The molecule has 4 heteroatoms. The normalized spacial score (nSPS) is 13.4. The number of aryl methyl sites for hydroxylation is 1. The molecule has 18 heavy (non-hydrogen) atoms. The second kappa shape index (κ2) is 5.31. The molecule has 1 aromatic carbocycles. The molecule has 0 spiro atoms. The van der Waals surface area contributed by atoms with E-state index in [1.807, 2.05) is 12.1 Å². The molecule has 0 aliphatic carbocycles. The highest BCUT2D eigenvalue weighted by Gasteiger charge is 2.12. The number of hydrogen-bond donors (Lipinski definition) is 0. The van der Waals surface area contributed by atoms with Crippen molar-refractivity contribution < 1.29 is 4.42 Å². The van der Waals surface area contributed by atoms with Gasteiger partial charge in [0.25, 0.3) is 0 Å². The predicted octanol–water partition coefficient (Wildman–Crippen LogP) is 4.00. The van der Waals surface area contributed by atoms with Gasteiger partial charge in [0.2, 0.25) is 0 Å². The fraction of sp³-hybridized carbons (Fsp3) is 0.500. The van der Waals surface area contributed by atoms with Crippen LogP contribution in [0.25, 0.3) is 11.1 Å². The van der Waals surface area contributed by atoms with E-state index in [1.54, 1.807) is 7.05 Å². The van der Waals surface area contributed by atoms with Gasteiger partial charge in [0.1, 0.15) is 0 Å². The first-order valence-electron chi connectivity index (χ1n) is 6.22. The van der Waals surface area contributed by atoms with Crippen LogP contribution in [0.2, 0.25) is 0 Å². The summed E-state index contributed by atoms with van der Waals surface area (Å²) in [5.74, 6) is 0.388. The standard InChI is InChI=1S/C14H18BrNO2/c1-9(2)4-6-11(15)10-5-7-12-13(8-10)18-14(17)16(12)3/h5,7-9,11H,4,6H2,1-3H3. The zero-order valence-electron chi connectivity index (χ0n) is 10.9. The number of aromatic nitrogens is 1. The van der Waals surface area contributed by atoms with Gasteiger partial charge in [-0.3, -0.25) is 4.57 Å². The molecule has 0 aliphatic heterocycles. The van der Waals surface area contributed by atoms with Gasteiger partial charge in [-0.2, -0.15) is 0 Å². The Morgan fingerprint density at radius 2 is 2.06 bits per heavy atom. The van der Waals surface area contributed by atoms with Gasteiger partial charge in [-0.15, -0.1) is 0 Å². The Bertz CT molecular complexity index is 597. The summed E-state index contributed by atoms with van der Waals surface area (Å²) in [5, 5.41) is 0. The fourth-order valence-corrected chi connectivity index (χ4v) is 2.54. The Labute approximate surface area is 115 Å². The quantitative estimate of drug-likeness (QED) is 0.800. The Balaban J connectivity index is 2.27. The summed E-state index contributed by atoms with van der Waals surface area (Å²) in [6, 6.07) is 5.95. The van der Waals surface area contributed by atoms with Crippen molar-refractivity contribution in [1.82, 2.24) is 4.57 Å². The zero-order valence-corrected chi connectivity index (χ0v) is 12.5. The van der Waals surface area contributed by atoms with Crippen molar-refractivity contribution in [3.63, 3.8) is 0 Å². The zero-order chi connectivity index (χ0) is 13.3. The molecule has 1 atom stereocenters. The number of hydrogen-bond acceptors (Lipinski definition) is 2. The van der Waals surface area contributed by atoms with Crippen molar-refractivity contribution in [2.45, 2.75) is 31.5 Å². The third-order valence-electron chi connectivity index (χ3n) is 3.18. The number of alkyl halides is 1. The second-order valence-electron chi connectivity index (χ2n) is 5.09. The summed E-state index contributed by atoms with van der Waals surface area (Å²) in [6.07, 6.45) is 2.26. The van der Waals surface area contributed by atoms with Gasteiger partial charge in [-0.25, -0.2) is 4.79 Å². The molecular formula is C14H18BrNO2. The van der Waals surface area contributed by atoms with Crippen molar-refractivity contribution in [2.75, 3.05) is 0 Å². The minimum Gasteiger partial charge on any atom is -0.408 e. The van der Waals surface area contributed by atoms with Gasteiger partial charge in [-0.1, -0.05) is 35.8 Å². The summed E-state index contributed by atoms with van der Waals surface area (Å²) in [5.41, 5.74) is 2.67. The second-order valence-corrected chi connectivity index (χ2v) is 6.20. The summed E-state index contributed by atoms with van der Waals surface area (Å²) in [7, 11) is 1.72. The lowest BCUT2D eigenvalue weighted by Crippen LogP contribution is -2.08. The molecule has 0 saturated carbocycles. The summed E-state index contributed by atoms with van der Waals surface area (Å²) in [4.78, 5) is 11.7. The van der Waals surface area contributed by atoms with Crippen LogP contribution in [-0.4, -0.2) is 4.57 Å². The summed E-state index contributed by atoms with van der Waals surface area (Å²) >= 11 is 3.70. The number of rotatable bonds is 4.